The number of aromatic nitrogens is 1. The molecule has 3 aromatic carbocycles. The highest BCUT2D eigenvalue weighted by molar-refractivity contribution is 6.07. The fourth-order valence-electron chi connectivity index (χ4n) is 4.75. The minimum absolute atomic E-state index is 0.0162. The van der Waals surface area contributed by atoms with Crippen molar-refractivity contribution < 1.29 is 24.9 Å². The van der Waals surface area contributed by atoms with Crippen LogP contribution in [0.3, 0.4) is 0 Å². The van der Waals surface area contributed by atoms with E-state index in [0.717, 1.165) is 10.2 Å². The monoisotopic (exact) mass is 573 g/mol. The van der Waals surface area contributed by atoms with Crippen molar-refractivity contribution in [3.8, 4) is 23.3 Å². The van der Waals surface area contributed by atoms with Crippen molar-refractivity contribution in [3.63, 3.8) is 0 Å². The molecule has 6 rings (SSSR count). The lowest BCUT2D eigenvalue weighted by Crippen LogP contribution is -2.21. The van der Waals surface area contributed by atoms with Crippen molar-refractivity contribution in [1.82, 2.24) is 4.68 Å². The molecule has 0 atom stereocenters. The Hall–Kier alpha value is -6.30. The smallest absolute Gasteiger partial charge is 0.270 e. The highest BCUT2D eigenvalue weighted by Gasteiger charge is 2.25. The highest BCUT2D eigenvalue weighted by atomic mass is 16.5. The van der Waals surface area contributed by atoms with Gasteiger partial charge >= 0.3 is 0 Å². The summed E-state index contributed by atoms with van der Waals surface area (Å²) in [5.74, 6) is -2.52. The van der Waals surface area contributed by atoms with Gasteiger partial charge in [0.2, 0.25) is 17.2 Å². The van der Waals surface area contributed by atoms with Crippen molar-refractivity contribution in [2.24, 2.45) is 10.2 Å². The van der Waals surface area contributed by atoms with Gasteiger partial charge < -0.3 is 30.9 Å². The molecule has 0 fully saturated rings. The molecular formula is C31H21N6O6-. The van der Waals surface area contributed by atoms with Crippen molar-refractivity contribution in [2.45, 2.75) is 6.61 Å². The molecule has 0 saturated carbocycles. The minimum Gasteiger partial charge on any atom is -0.870 e. The number of aromatic hydroxyl groups is 2. The average Bonchev–Trinajstić information content (AvgIpc) is 3.43. The van der Waals surface area contributed by atoms with Gasteiger partial charge in [-0.1, -0.05) is 54.3 Å². The van der Waals surface area contributed by atoms with E-state index in [1.165, 1.54) is 24.3 Å². The first kappa shape index (κ1) is 26.9. The number of carbonyl (C=O) groups is 1. The van der Waals surface area contributed by atoms with Gasteiger partial charge in [0.05, 0.1) is 32.4 Å². The first-order valence-electron chi connectivity index (χ1n) is 12.9. The first-order valence-corrected chi connectivity index (χ1v) is 12.9. The van der Waals surface area contributed by atoms with Gasteiger partial charge in [-0.2, -0.15) is 4.68 Å². The molecule has 2 aliphatic rings. The number of rotatable bonds is 7. The predicted octanol–water partition coefficient (Wildman–Crippen LogP) is 3.42. The fraction of sp³-hybridized carbons (Fsp3) is 0.0323. The Balaban J connectivity index is 1.48. The largest absolute Gasteiger partial charge is 0.870 e. The molecule has 0 aliphatic heterocycles. The van der Waals surface area contributed by atoms with Crippen molar-refractivity contribution in [3.05, 3.63) is 127 Å². The van der Waals surface area contributed by atoms with Crippen LogP contribution in [-0.2, 0) is 6.61 Å². The summed E-state index contributed by atoms with van der Waals surface area (Å²) in [6.45, 7) is 0.114. The Labute approximate surface area is 241 Å². The van der Waals surface area contributed by atoms with Gasteiger partial charge in [-0.05, 0) is 42.0 Å². The molecule has 2 aliphatic carbocycles. The maximum absolute atomic E-state index is 12.9. The van der Waals surface area contributed by atoms with Crippen LogP contribution in [0.1, 0.15) is 15.9 Å². The molecule has 0 saturated heterocycles. The van der Waals surface area contributed by atoms with Crippen LogP contribution < -0.4 is 31.4 Å². The summed E-state index contributed by atoms with van der Waals surface area (Å²) in [5, 5.41) is 58.3. The van der Waals surface area contributed by atoms with Crippen LogP contribution >= 0.6 is 0 Å². The summed E-state index contributed by atoms with van der Waals surface area (Å²) >= 11 is 0. The fourth-order valence-corrected chi connectivity index (χ4v) is 4.75. The average molecular weight is 574 g/mol. The number of azo groups is 1. The summed E-state index contributed by atoms with van der Waals surface area (Å²) < 4.78 is 6.72. The summed E-state index contributed by atoms with van der Waals surface area (Å²) in [6, 6.07) is 22.7. The molecule has 212 valence electrons. The lowest BCUT2D eigenvalue weighted by Gasteiger charge is -2.09. The second-order valence-corrected chi connectivity index (χ2v) is 9.51. The van der Waals surface area contributed by atoms with Crippen LogP contribution in [-0.4, -0.2) is 20.8 Å². The number of hydrogen-bond donors (Lipinski definition) is 5. The predicted molar refractivity (Wildman–Crippen MR) is 152 cm³/mol. The number of nitrogens with zero attached hydrogens (tertiary/aromatic N) is 3. The zero-order chi connectivity index (χ0) is 30.2. The molecule has 1 aromatic heterocycles. The Kier molecular flexibility index (Phi) is 6.63. The van der Waals surface area contributed by atoms with Gasteiger partial charge in [-0.3, -0.25) is 15.0 Å². The third-order valence-corrected chi connectivity index (χ3v) is 6.85. The number of benzene rings is 3. The Bertz CT molecular complexity index is 2270. The molecular weight excluding hydrogens is 552 g/mol. The zero-order valence-electron chi connectivity index (χ0n) is 22.2. The van der Waals surface area contributed by atoms with E-state index < -0.39 is 34.5 Å². The maximum atomic E-state index is 12.9. The van der Waals surface area contributed by atoms with Crippen LogP contribution in [0.15, 0.2) is 100.0 Å². The van der Waals surface area contributed by atoms with Crippen LogP contribution in [0.2, 0.25) is 0 Å². The van der Waals surface area contributed by atoms with Gasteiger partial charge in [0.25, 0.3) is 5.91 Å². The lowest BCUT2D eigenvalue weighted by atomic mass is 10.1. The second-order valence-electron chi connectivity index (χ2n) is 9.51. The number of hydrogen-bond acceptors (Lipinski definition) is 10. The Morgan fingerprint density at radius 1 is 0.837 bits per heavy atom. The van der Waals surface area contributed by atoms with Crippen molar-refractivity contribution in [2.75, 3.05) is 5.43 Å². The quantitative estimate of drug-likeness (QED) is 0.181. The summed E-state index contributed by atoms with van der Waals surface area (Å²) in [6.07, 6.45) is 0. The van der Waals surface area contributed by atoms with Crippen molar-refractivity contribution in [1.29, 1.82) is 10.8 Å². The number of amides is 1. The molecule has 43 heavy (non-hydrogen) atoms. The zero-order valence-corrected chi connectivity index (χ0v) is 22.2. The van der Waals surface area contributed by atoms with Crippen LogP contribution in [0, 0.1) is 21.3 Å². The summed E-state index contributed by atoms with van der Waals surface area (Å²) in [7, 11) is 0. The van der Waals surface area contributed by atoms with E-state index in [1.807, 2.05) is 30.3 Å². The van der Waals surface area contributed by atoms with Gasteiger partial charge in [0.15, 0.2) is 0 Å². The number of ether oxygens (including phenoxy) is 1. The van der Waals surface area contributed by atoms with E-state index in [1.54, 1.807) is 30.3 Å². The van der Waals surface area contributed by atoms with E-state index in [2.05, 4.69) is 15.7 Å². The molecule has 0 spiro atoms. The van der Waals surface area contributed by atoms with E-state index in [9.17, 15) is 24.9 Å². The Morgan fingerprint density at radius 2 is 1.47 bits per heavy atom. The number of carbonyl (C=O) groups excluding carboxylic acids is 1. The van der Waals surface area contributed by atoms with E-state index in [0.29, 0.717) is 0 Å². The van der Waals surface area contributed by atoms with E-state index in [-0.39, 0.29) is 55.5 Å². The second kappa shape index (κ2) is 10.6. The normalized spacial score (nSPS) is 11.4. The topological polar surface area (TPSA) is 196 Å². The maximum Gasteiger partial charge on any atom is 0.270 e. The molecule has 12 heteroatoms. The van der Waals surface area contributed by atoms with E-state index in [4.69, 9.17) is 15.6 Å². The van der Waals surface area contributed by atoms with Gasteiger partial charge in [0, 0.05) is 10.8 Å². The van der Waals surface area contributed by atoms with Crippen LogP contribution in [0.4, 0.5) is 11.4 Å². The Morgan fingerprint density at radius 3 is 2.14 bits per heavy atom. The summed E-state index contributed by atoms with van der Waals surface area (Å²) in [4.78, 5) is 25.8. The van der Waals surface area contributed by atoms with Crippen LogP contribution in [0.5, 0.6) is 23.3 Å². The molecule has 1 amide bonds. The SMILES string of the molecule is N=c1ccc(=N)c2c(=O)c(N=Nc3ccc(OCc4ccccc4)c4c(O)n(NC(=O)c5ccccc5)c(O)c34)c([O-])c1=2. The summed E-state index contributed by atoms with van der Waals surface area (Å²) in [5.41, 5.74) is 2.03. The molecule has 0 unspecified atom stereocenters. The standard InChI is InChI=1S/C31H22N6O6/c32-18-11-12-19(33)23-22(18)27(38)26(28(23)39)35-34-20-13-14-21(43-15-16-7-3-1-4-8-16)25-24(20)30(41)37(31(25)42)36-29(40)17-9-5-2-6-10-17/h1-14,32-33,38,41-42H,15H2,(H,36,40)/p-1. The molecule has 1 heterocycles. The lowest BCUT2D eigenvalue weighted by molar-refractivity contribution is -0.268. The van der Waals surface area contributed by atoms with Gasteiger partial charge in [0.1, 0.15) is 18.0 Å². The molecule has 0 radical (unpaired) electrons. The molecule has 5 N–H and O–H groups in total. The molecule has 0 bridgehead atoms. The number of nitrogens with one attached hydrogen (secondary N) is 3. The van der Waals surface area contributed by atoms with E-state index >= 15 is 0 Å². The van der Waals surface area contributed by atoms with Gasteiger partial charge in [-0.25, -0.2) is 0 Å². The minimum atomic E-state index is -0.846. The third kappa shape index (κ3) is 4.62. The van der Waals surface area contributed by atoms with Gasteiger partial charge in [-0.15, -0.1) is 10.2 Å². The molecule has 12 nitrogen and oxygen atoms in total. The van der Waals surface area contributed by atoms with Crippen molar-refractivity contribution >= 4 is 28.1 Å². The first-order chi connectivity index (χ1) is 20.8. The third-order valence-electron chi connectivity index (χ3n) is 6.85. The molecule has 4 aromatic rings. The highest BCUT2D eigenvalue weighted by Crippen LogP contribution is 2.46. The van der Waals surface area contributed by atoms with Crippen LogP contribution in [0.25, 0.3) is 10.8 Å². The number of fused-ring (bicyclic) bond motifs is 1.